The van der Waals surface area contributed by atoms with E-state index in [1.165, 1.54) is 17.5 Å². The molecule has 11 nitrogen and oxygen atoms in total. The van der Waals surface area contributed by atoms with Crippen LogP contribution in [0.15, 0.2) is 42.7 Å². The third-order valence-electron chi connectivity index (χ3n) is 5.42. The molecule has 12 heteroatoms. The zero-order valence-corrected chi connectivity index (χ0v) is 20.5. The van der Waals surface area contributed by atoms with Gasteiger partial charge in [-0.15, -0.1) is 0 Å². The van der Waals surface area contributed by atoms with E-state index in [9.17, 15) is 13.2 Å². The van der Waals surface area contributed by atoms with Crippen LogP contribution in [0.5, 0.6) is 0 Å². The molecule has 0 atom stereocenters. The number of anilines is 5. The molecular weight excluding hydrogens is 470 g/mol. The molecule has 1 aromatic carbocycles. The maximum Gasteiger partial charge on any atom is 0.278 e. The Hall–Kier alpha value is -3.77. The summed E-state index contributed by atoms with van der Waals surface area (Å²) in [7, 11) is -1.37. The van der Waals surface area contributed by atoms with Crippen LogP contribution in [0.3, 0.4) is 0 Å². The average Bonchev–Trinajstić information content (AvgIpc) is 3.68. The van der Waals surface area contributed by atoms with E-state index in [2.05, 4.69) is 31.1 Å². The fraction of sp³-hybridized carbons (Fsp3) is 0.304. The number of hydroxylamine groups is 1. The van der Waals surface area contributed by atoms with Crippen LogP contribution in [0, 0.1) is 6.92 Å². The smallest absolute Gasteiger partial charge is 0.278 e. The number of rotatable bonds is 10. The summed E-state index contributed by atoms with van der Waals surface area (Å²) in [4.78, 5) is 30.5. The highest BCUT2D eigenvalue weighted by atomic mass is 32.2. The molecule has 1 aliphatic carbocycles. The largest absolute Gasteiger partial charge is 0.353 e. The van der Waals surface area contributed by atoms with E-state index < -0.39 is 16.8 Å². The number of nitrogens with one attached hydrogen (secondary N) is 3. The number of thiol groups is 1. The number of aryl methyl sites for hydroxylation is 1. The first-order chi connectivity index (χ1) is 16.9. The molecule has 1 aliphatic rings. The third-order valence-corrected chi connectivity index (χ3v) is 6.13. The summed E-state index contributed by atoms with van der Waals surface area (Å²) >= 11 is 0. The first-order valence-corrected chi connectivity index (χ1v) is 12.3. The number of hydrogen-bond acceptors (Lipinski definition) is 9. The van der Waals surface area contributed by atoms with Gasteiger partial charge in [0.2, 0.25) is 10.9 Å². The van der Waals surface area contributed by atoms with Gasteiger partial charge >= 0.3 is 0 Å². The predicted octanol–water partition coefficient (Wildman–Crippen LogP) is 3.19. The summed E-state index contributed by atoms with van der Waals surface area (Å²) in [6.45, 7) is 3.82. The number of nitrogens with zero attached hydrogens (tertiary/aromatic N) is 4. The van der Waals surface area contributed by atoms with E-state index in [1.54, 1.807) is 32.2 Å². The summed E-state index contributed by atoms with van der Waals surface area (Å²) in [5, 5.41) is 6.32. The van der Waals surface area contributed by atoms with Gasteiger partial charge in [0.1, 0.15) is 17.5 Å². The van der Waals surface area contributed by atoms with Gasteiger partial charge in [-0.3, -0.25) is 13.9 Å². The minimum Gasteiger partial charge on any atom is -0.353 e. The lowest BCUT2D eigenvalue weighted by Crippen LogP contribution is -2.25. The van der Waals surface area contributed by atoms with Crippen molar-refractivity contribution in [3.63, 3.8) is 0 Å². The molecule has 0 radical (unpaired) electrons. The summed E-state index contributed by atoms with van der Waals surface area (Å²) in [6.07, 6.45) is 5.20. The van der Waals surface area contributed by atoms with Crippen LogP contribution in [-0.4, -0.2) is 42.9 Å². The third kappa shape index (κ3) is 6.03. The molecule has 3 N–H and O–H groups in total. The second kappa shape index (κ2) is 10.7. The molecule has 4 rings (SSSR count). The molecule has 0 saturated heterocycles. The van der Waals surface area contributed by atoms with E-state index in [0.29, 0.717) is 47.0 Å². The molecule has 2 aromatic heterocycles. The van der Waals surface area contributed by atoms with E-state index >= 15 is 0 Å². The number of carbonyl (C=O) groups excluding carboxylic acids is 1. The minimum atomic E-state index is -2.86. The Balaban J connectivity index is 1.72. The van der Waals surface area contributed by atoms with Gasteiger partial charge in [-0.05, 0) is 56.4 Å². The fourth-order valence-corrected chi connectivity index (χ4v) is 3.82. The van der Waals surface area contributed by atoms with Crippen LogP contribution >= 0.6 is 0 Å². The quantitative estimate of drug-likeness (QED) is 0.246. The Morgan fingerprint density at radius 2 is 1.91 bits per heavy atom. The van der Waals surface area contributed by atoms with Crippen LogP contribution < -0.4 is 20.4 Å². The Labute approximate surface area is 205 Å². The lowest BCUT2D eigenvalue weighted by molar-refractivity contribution is 0.0365. The first-order valence-electron chi connectivity index (χ1n) is 11.1. The SMILES string of the molecule is CCONC(=O)c1cnc(Nc2ccnc(C)n2)cc1Nc1ccc(C2CC2)cc1N(C)[SH](=O)=O. The second-order valence-electron chi connectivity index (χ2n) is 8.03. The van der Waals surface area contributed by atoms with Crippen LogP contribution in [0.25, 0.3) is 0 Å². The van der Waals surface area contributed by atoms with E-state index in [-0.39, 0.29) is 5.56 Å². The van der Waals surface area contributed by atoms with Crippen molar-refractivity contribution in [2.45, 2.75) is 32.6 Å². The molecule has 35 heavy (non-hydrogen) atoms. The molecule has 184 valence electrons. The van der Waals surface area contributed by atoms with Crippen molar-refractivity contribution in [1.82, 2.24) is 20.4 Å². The van der Waals surface area contributed by atoms with E-state index in [4.69, 9.17) is 4.84 Å². The molecule has 1 fully saturated rings. The molecule has 1 amide bonds. The molecule has 0 unspecified atom stereocenters. The van der Waals surface area contributed by atoms with E-state index in [0.717, 1.165) is 18.4 Å². The number of aromatic nitrogens is 3. The van der Waals surface area contributed by atoms with Crippen molar-refractivity contribution in [2.75, 3.05) is 28.6 Å². The van der Waals surface area contributed by atoms with Crippen molar-refractivity contribution in [1.29, 1.82) is 0 Å². The average molecular weight is 498 g/mol. The second-order valence-corrected chi connectivity index (χ2v) is 9.11. The molecule has 3 aromatic rings. The summed E-state index contributed by atoms with van der Waals surface area (Å²) in [6, 6.07) is 9.01. The Kier molecular flexibility index (Phi) is 7.42. The Bertz CT molecular complexity index is 1300. The molecule has 2 heterocycles. The van der Waals surface area contributed by atoms with Crippen molar-refractivity contribution in [2.24, 2.45) is 0 Å². The van der Waals surface area contributed by atoms with Crippen LogP contribution in [-0.2, 0) is 15.7 Å². The van der Waals surface area contributed by atoms with Crippen molar-refractivity contribution >= 4 is 45.5 Å². The van der Waals surface area contributed by atoms with Gasteiger partial charge in [0.05, 0.1) is 29.2 Å². The topological polar surface area (TPSA) is 138 Å². The van der Waals surface area contributed by atoms with Crippen LogP contribution in [0.1, 0.15) is 47.4 Å². The van der Waals surface area contributed by atoms with Gasteiger partial charge in [-0.1, -0.05) is 6.07 Å². The first kappa shape index (κ1) is 24.4. The van der Waals surface area contributed by atoms with Crippen molar-refractivity contribution in [3.05, 3.63) is 59.7 Å². The highest BCUT2D eigenvalue weighted by Crippen LogP contribution is 2.43. The summed E-state index contributed by atoms with van der Waals surface area (Å²) < 4.78 is 24.8. The molecule has 0 spiro atoms. The summed E-state index contributed by atoms with van der Waals surface area (Å²) in [5.41, 5.74) is 5.09. The van der Waals surface area contributed by atoms with Gasteiger partial charge in [0.25, 0.3) is 5.91 Å². The predicted molar refractivity (Wildman–Crippen MR) is 134 cm³/mol. The van der Waals surface area contributed by atoms with E-state index in [1.807, 2.05) is 18.2 Å². The lowest BCUT2D eigenvalue weighted by Gasteiger charge is -2.20. The number of amides is 1. The van der Waals surface area contributed by atoms with Gasteiger partial charge in [0, 0.05) is 25.5 Å². The lowest BCUT2D eigenvalue weighted by atomic mass is 10.1. The monoisotopic (exact) mass is 497 g/mol. The highest BCUT2D eigenvalue weighted by Gasteiger charge is 2.25. The fourth-order valence-electron chi connectivity index (χ4n) is 3.48. The van der Waals surface area contributed by atoms with Gasteiger partial charge < -0.3 is 10.6 Å². The molecule has 1 saturated carbocycles. The minimum absolute atomic E-state index is 0.217. The highest BCUT2D eigenvalue weighted by molar-refractivity contribution is 7.74. The maximum absolute atomic E-state index is 12.7. The van der Waals surface area contributed by atoms with Crippen LogP contribution in [0.4, 0.5) is 28.7 Å². The van der Waals surface area contributed by atoms with Crippen molar-refractivity contribution < 1.29 is 18.0 Å². The maximum atomic E-state index is 12.7. The van der Waals surface area contributed by atoms with Gasteiger partial charge in [-0.2, -0.15) is 0 Å². The number of benzene rings is 1. The Morgan fingerprint density at radius 1 is 1.11 bits per heavy atom. The number of pyridine rings is 1. The van der Waals surface area contributed by atoms with Crippen LogP contribution in [0.2, 0.25) is 0 Å². The molecular formula is C23H27N7O4S. The summed E-state index contributed by atoms with van der Waals surface area (Å²) in [5.74, 6) is 1.52. The Morgan fingerprint density at radius 3 is 2.60 bits per heavy atom. The zero-order valence-electron chi connectivity index (χ0n) is 19.6. The number of hydrogen-bond donors (Lipinski definition) is 4. The standard InChI is InChI=1S/C23H27N7O4S/c1-4-34-29-23(31)17-13-25-22(28-21-9-10-24-14(2)26-21)12-19(17)27-18-8-7-16(15-5-6-15)11-20(18)30(3)35(32)33/h7-13,15,35H,4-6H2,1-3H3,(H,29,31)(H2,24,25,26,27,28). The molecule has 0 bridgehead atoms. The molecule has 0 aliphatic heterocycles. The van der Waals surface area contributed by atoms with Gasteiger partial charge in [0.15, 0.2) is 0 Å². The normalized spacial score (nSPS) is 12.9. The van der Waals surface area contributed by atoms with Crippen molar-refractivity contribution in [3.8, 4) is 0 Å². The zero-order chi connectivity index (χ0) is 24.9. The van der Waals surface area contributed by atoms with Gasteiger partial charge in [-0.25, -0.2) is 28.8 Å². The number of carbonyl (C=O) groups is 1.